The molecule has 0 amide bonds. The summed E-state index contributed by atoms with van der Waals surface area (Å²) in [6, 6.07) is 11.5. The summed E-state index contributed by atoms with van der Waals surface area (Å²) in [5, 5.41) is 8.37. The molecule has 1 aromatic heterocycles. The Labute approximate surface area is 143 Å². The second-order valence-corrected chi connectivity index (χ2v) is 6.80. The minimum atomic E-state index is 0.371. The van der Waals surface area contributed by atoms with Crippen LogP contribution in [0.5, 0.6) is 0 Å². The van der Waals surface area contributed by atoms with Crippen molar-refractivity contribution in [1.29, 1.82) is 0 Å². The Morgan fingerprint density at radius 2 is 2.17 bits per heavy atom. The Bertz CT molecular complexity index is 667. The molecule has 0 spiro atoms. The highest BCUT2D eigenvalue weighted by Crippen LogP contribution is 2.24. The van der Waals surface area contributed by atoms with Crippen LogP contribution in [0.1, 0.15) is 36.6 Å². The number of hydrogen-bond donors (Lipinski definition) is 3. The molecule has 128 valence electrons. The Morgan fingerprint density at radius 1 is 1.29 bits per heavy atom. The SMILES string of the molecule is CCc1nc2n(n1)CC(NCC1CNNC1c1ccccc1)CC2. The molecule has 3 atom stereocenters. The van der Waals surface area contributed by atoms with Gasteiger partial charge in [0.2, 0.25) is 0 Å². The fourth-order valence-electron chi connectivity index (χ4n) is 3.74. The summed E-state index contributed by atoms with van der Waals surface area (Å²) in [7, 11) is 0. The molecule has 2 aliphatic rings. The topological polar surface area (TPSA) is 66.8 Å². The van der Waals surface area contributed by atoms with Crippen molar-refractivity contribution >= 4 is 0 Å². The van der Waals surface area contributed by atoms with Gasteiger partial charge in [0.15, 0.2) is 5.82 Å². The first-order valence-electron chi connectivity index (χ1n) is 9.03. The van der Waals surface area contributed by atoms with Crippen LogP contribution in [-0.2, 0) is 19.4 Å². The Balaban J connectivity index is 1.35. The largest absolute Gasteiger partial charge is 0.312 e. The summed E-state index contributed by atoms with van der Waals surface area (Å²) in [6.45, 7) is 5.05. The third-order valence-corrected chi connectivity index (χ3v) is 5.14. The quantitative estimate of drug-likeness (QED) is 0.771. The van der Waals surface area contributed by atoms with Crippen LogP contribution in [0.3, 0.4) is 0 Å². The van der Waals surface area contributed by atoms with E-state index in [9.17, 15) is 0 Å². The molecule has 6 nitrogen and oxygen atoms in total. The lowest BCUT2D eigenvalue weighted by molar-refractivity contribution is 0.329. The summed E-state index contributed by atoms with van der Waals surface area (Å²) in [6.07, 6.45) is 3.08. The molecule has 1 aromatic carbocycles. The molecule has 3 unspecified atom stereocenters. The first-order valence-corrected chi connectivity index (χ1v) is 9.03. The number of aryl methyl sites for hydroxylation is 2. The third kappa shape index (κ3) is 3.22. The van der Waals surface area contributed by atoms with E-state index in [1.165, 1.54) is 5.56 Å². The van der Waals surface area contributed by atoms with Gasteiger partial charge >= 0.3 is 0 Å². The third-order valence-electron chi connectivity index (χ3n) is 5.14. The molecule has 3 N–H and O–H groups in total. The zero-order chi connectivity index (χ0) is 16.4. The fourth-order valence-corrected chi connectivity index (χ4v) is 3.74. The lowest BCUT2D eigenvalue weighted by atomic mass is 9.94. The highest BCUT2D eigenvalue weighted by atomic mass is 15.4. The van der Waals surface area contributed by atoms with E-state index >= 15 is 0 Å². The van der Waals surface area contributed by atoms with Crippen LogP contribution in [0.25, 0.3) is 0 Å². The summed E-state index contributed by atoms with van der Waals surface area (Å²) in [4.78, 5) is 4.60. The molecule has 0 saturated carbocycles. The van der Waals surface area contributed by atoms with Crippen molar-refractivity contribution in [3.05, 3.63) is 47.5 Å². The predicted octanol–water partition coefficient (Wildman–Crippen LogP) is 1.21. The molecule has 6 heteroatoms. The van der Waals surface area contributed by atoms with Crippen molar-refractivity contribution < 1.29 is 0 Å². The summed E-state index contributed by atoms with van der Waals surface area (Å²) in [5.74, 6) is 2.67. The molecule has 2 aliphatic heterocycles. The monoisotopic (exact) mass is 326 g/mol. The average molecular weight is 326 g/mol. The Kier molecular flexibility index (Phi) is 4.60. The fraction of sp³-hybridized carbons (Fsp3) is 0.556. The average Bonchev–Trinajstić information content (AvgIpc) is 3.26. The normalized spacial score (nSPS) is 26.5. The number of hydrazine groups is 1. The maximum absolute atomic E-state index is 4.60. The highest BCUT2D eigenvalue weighted by molar-refractivity contribution is 5.20. The number of nitrogens with zero attached hydrogens (tertiary/aromatic N) is 3. The van der Waals surface area contributed by atoms with Gasteiger partial charge in [-0.1, -0.05) is 37.3 Å². The van der Waals surface area contributed by atoms with E-state index in [1.807, 2.05) is 0 Å². The molecule has 1 saturated heterocycles. The maximum atomic E-state index is 4.60. The lowest BCUT2D eigenvalue weighted by Gasteiger charge is -2.26. The molecule has 2 aromatic rings. The van der Waals surface area contributed by atoms with E-state index < -0.39 is 0 Å². The number of fused-ring (bicyclic) bond motifs is 1. The van der Waals surface area contributed by atoms with Crippen molar-refractivity contribution in [2.45, 2.75) is 44.8 Å². The van der Waals surface area contributed by atoms with Crippen LogP contribution in [0.2, 0.25) is 0 Å². The van der Waals surface area contributed by atoms with Crippen molar-refractivity contribution in [2.24, 2.45) is 5.92 Å². The van der Waals surface area contributed by atoms with Gasteiger partial charge in [0.25, 0.3) is 0 Å². The van der Waals surface area contributed by atoms with Crippen molar-refractivity contribution in [3.63, 3.8) is 0 Å². The first kappa shape index (κ1) is 15.7. The molecule has 3 heterocycles. The first-order chi connectivity index (χ1) is 11.8. The van der Waals surface area contributed by atoms with Crippen LogP contribution in [0, 0.1) is 5.92 Å². The van der Waals surface area contributed by atoms with Gasteiger partial charge in [-0.25, -0.2) is 15.1 Å². The second-order valence-electron chi connectivity index (χ2n) is 6.80. The standard InChI is InChI=1S/C18H26N6/c1-2-16-21-17-9-8-15(12-24(17)23-16)19-10-14-11-20-22-18(14)13-6-4-3-5-7-13/h3-7,14-15,18-20,22H,2,8-12H2,1H3. The summed E-state index contributed by atoms with van der Waals surface area (Å²) < 4.78 is 2.10. The number of benzene rings is 1. The minimum absolute atomic E-state index is 0.371. The van der Waals surface area contributed by atoms with Crippen LogP contribution in [0.15, 0.2) is 30.3 Å². The van der Waals surface area contributed by atoms with Gasteiger partial charge in [-0.3, -0.25) is 5.43 Å². The van der Waals surface area contributed by atoms with E-state index in [2.05, 4.69) is 68.2 Å². The van der Waals surface area contributed by atoms with Gasteiger partial charge in [-0.15, -0.1) is 0 Å². The summed E-state index contributed by atoms with van der Waals surface area (Å²) in [5.41, 5.74) is 8.09. The van der Waals surface area contributed by atoms with E-state index in [-0.39, 0.29) is 0 Å². The lowest BCUT2D eigenvalue weighted by Crippen LogP contribution is -2.41. The minimum Gasteiger partial charge on any atom is -0.312 e. The van der Waals surface area contributed by atoms with Crippen LogP contribution in [-0.4, -0.2) is 33.9 Å². The molecule has 4 rings (SSSR count). The highest BCUT2D eigenvalue weighted by Gasteiger charge is 2.29. The van der Waals surface area contributed by atoms with Crippen molar-refractivity contribution in [2.75, 3.05) is 13.1 Å². The van der Waals surface area contributed by atoms with Crippen LogP contribution >= 0.6 is 0 Å². The van der Waals surface area contributed by atoms with Gasteiger partial charge in [0, 0.05) is 37.9 Å². The molecule has 0 bridgehead atoms. The van der Waals surface area contributed by atoms with E-state index in [1.54, 1.807) is 0 Å². The number of rotatable bonds is 5. The van der Waals surface area contributed by atoms with Crippen LogP contribution in [0.4, 0.5) is 0 Å². The van der Waals surface area contributed by atoms with Gasteiger partial charge in [-0.2, -0.15) is 5.10 Å². The van der Waals surface area contributed by atoms with Crippen LogP contribution < -0.4 is 16.2 Å². The molecule has 0 radical (unpaired) electrons. The van der Waals surface area contributed by atoms with Crippen molar-refractivity contribution in [1.82, 2.24) is 30.9 Å². The second kappa shape index (κ2) is 7.01. The van der Waals surface area contributed by atoms with E-state index in [0.717, 1.165) is 50.5 Å². The molecule has 24 heavy (non-hydrogen) atoms. The molecule has 0 aliphatic carbocycles. The number of hydrogen-bond acceptors (Lipinski definition) is 5. The molecular weight excluding hydrogens is 300 g/mol. The van der Waals surface area contributed by atoms with Gasteiger partial charge in [-0.05, 0) is 12.0 Å². The van der Waals surface area contributed by atoms with Gasteiger partial charge in [0.1, 0.15) is 5.82 Å². The van der Waals surface area contributed by atoms with E-state index in [4.69, 9.17) is 0 Å². The smallest absolute Gasteiger partial charge is 0.150 e. The number of nitrogens with one attached hydrogen (secondary N) is 3. The summed E-state index contributed by atoms with van der Waals surface area (Å²) >= 11 is 0. The predicted molar refractivity (Wildman–Crippen MR) is 93.3 cm³/mol. The number of aromatic nitrogens is 3. The zero-order valence-corrected chi connectivity index (χ0v) is 14.2. The molecule has 1 fully saturated rings. The van der Waals surface area contributed by atoms with Gasteiger partial charge in [0.05, 0.1) is 12.6 Å². The molecular formula is C18H26N6. The zero-order valence-electron chi connectivity index (χ0n) is 14.2. The van der Waals surface area contributed by atoms with Crippen molar-refractivity contribution in [3.8, 4) is 0 Å². The Hall–Kier alpha value is -1.76. The Morgan fingerprint density at radius 3 is 3.00 bits per heavy atom. The van der Waals surface area contributed by atoms with E-state index in [0.29, 0.717) is 18.0 Å². The maximum Gasteiger partial charge on any atom is 0.150 e. The van der Waals surface area contributed by atoms with Gasteiger partial charge < -0.3 is 5.32 Å².